The summed E-state index contributed by atoms with van der Waals surface area (Å²) in [6.07, 6.45) is 6.85. The average Bonchev–Trinajstić information content (AvgIpc) is 3.82. The van der Waals surface area contributed by atoms with Crippen LogP contribution in [0.5, 0.6) is 0 Å². The van der Waals surface area contributed by atoms with Crippen LogP contribution < -0.4 is 10.2 Å². The summed E-state index contributed by atoms with van der Waals surface area (Å²) in [5.74, 6) is -0.174. The molecule has 2 N–H and O–H groups in total. The first-order valence-electron chi connectivity index (χ1n) is 16.2. The number of benzene rings is 1. The monoisotopic (exact) mass is 605 g/mol. The molecule has 0 bridgehead atoms. The van der Waals surface area contributed by atoms with Crippen LogP contribution >= 0.6 is 0 Å². The first kappa shape index (κ1) is 30.8. The quantitative estimate of drug-likeness (QED) is 0.463. The van der Waals surface area contributed by atoms with Gasteiger partial charge >= 0.3 is 0 Å². The molecule has 0 aliphatic carbocycles. The summed E-state index contributed by atoms with van der Waals surface area (Å²) in [6, 6.07) is 7.29. The minimum Gasteiger partial charge on any atom is -0.381 e. The zero-order valence-electron chi connectivity index (χ0n) is 26.3. The van der Waals surface area contributed by atoms with Crippen LogP contribution in [0, 0.1) is 17.8 Å². The first-order valence-corrected chi connectivity index (χ1v) is 16.2. The van der Waals surface area contributed by atoms with Crippen LogP contribution in [0.15, 0.2) is 49.1 Å². The molecule has 0 saturated carbocycles. The topological polar surface area (TPSA) is 109 Å². The van der Waals surface area contributed by atoms with E-state index in [1.54, 1.807) is 11.1 Å². The van der Waals surface area contributed by atoms with Gasteiger partial charge in [0.2, 0.25) is 5.91 Å². The van der Waals surface area contributed by atoms with Gasteiger partial charge in [-0.3, -0.25) is 14.5 Å². The molecule has 0 spiro atoms. The smallest absolute Gasteiger partial charge is 0.279 e. The number of ether oxygens (including phenoxy) is 3. The van der Waals surface area contributed by atoms with Crippen molar-refractivity contribution in [3.05, 3.63) is 60.3 Å². The number of amides is 2. The molecule has 238 valence electrons. The number of hydrogen-bond acceptors (Lipinski definition) is 7. The number of anilines is 1. The number of fused-ring (bicyclic) bond motifs is 1. The van der Waals surface area contributed by atoms with Gasteiger partial charge in [0.15, 0.2) is 6.29 Å². The predicted octanol–water partition coefficient (Wildman–Crippen LogP) is 4.25. The molecule has 5 unspecified atom stereocenters. The normalized spacial score (nSPS) is 26.7. The molecule has 4 aliphatic rings. The molecule has 5 heterocycles. The van der Waals surface area contributed by atoms with Gasteiger partial charge in [0.05, 0.1) is 26.1 Å². The van der Waals surface area contributed by atoms with Crippen molar-refractivity contribution < 1.29 is 23.8 Å². The molecule has 4 saturated heterocycles. The molecular formula is C34H47N5O5. The number of aromatic amines is 1. The second-order valence-corrected chi connectivity index (χ2v) is 13.7. The third-order valence-corrected chi connectivity index (χ3v) is 9.91. The standard InChI is InChI=1S/C34H47N5O5/c1-22(23-11-16-42-20-23)38-14-9-25(10-15-38)37-31(40)30(27-12-17-43-33-28(27)13-18-44-33)39(32(41)29-19-35-21-36-29)26-7-5-24(6-8-26)34(2,3)4/h5-8,19,21,23,25,27-28,30,33H,1,9-18,20H2,2-4H3,(H,35,36)(H,37,40). The van der Waals surface area contributed by atoms with Gasteiger partial charge < -0.3 is 29.4 Å². The van der Waals surface area contributed by atoms with Crippen molar-refractivity contribution in [3.63, 3.8) is 0 Å². The molecule has 5 atom stereocenters. The highest BCUT2D eigenvalue weighted by molar-refractivity contribution is 6.09. The van der Waals surface area contributed by atoms with E-state index in [-0.39, 0.29) is 47.1 Å². The number of rotatable bonds is 8. The Balaban J connectivity index is 1.29. The zero-order chi connectivity index (χ0) is 30.8. The Morgan fingerprint density at radius 2 is 1.77 bits per heavy atom. The van der Waals surface area contributed by atoms with Gasteiger partial charge in [-0.1, -0.05) is 39.5 Å². The fourth-order valence-corrected chi connectivity index (χ4v) is 7.28. The number of nitrogens with zero attached hydrogens (tertiary/aromatic N) is 3. The maximum atomic E-state index is 14.6. The average molecular weight is 606 g/mol. The molecule has 2 aromatic rings. The van der Waals surface area contributed by atoms with Crippen LogP contribution in [0.1, 0.15) is 68.9 Å². The Morgan fingerprint density at radius 1 is 1.05 bits per heavy atom. The molecule has 4 fully saturated rings. The molecule has 44 heavy (non-hydrogen) atoms. The summed E-state index contributed by atoms with van der Waals surface area (Å²) in [5.41, 5.74) is 3.21. The summed E-state index contributed by atoms with van der Waals surface area (Å²) in [4.78, 5) is 40.1. The lowest BCUT2D eigenvalue weighted by atomic mass is 9.79. The van der Waals surface area contributed by atoms with Crippen LogP contribution in [0.25, 0.3) is 0 Å². The van der Waals surface area contributed by atoms with E-state index in [1.165, 1.54) is 6.33 Å². The zero-order valence-corrected chi connectivity index (χ0v) is 26.3. The van der Waals surface area contributed by atoms with Crippen LogP contribution in [0.3, 0.4) is 0 Å². The number of likely N-dealkylation sites (tertiary alicyclic amines) is 1. The largest absolute Gasteiger partial charge is 0.381 e. The van der Waals surface area contributed by atoms with Crippen LogP contribution in [-0.4, -0.2) is 84.6 Å². The van der Waals surface area contributed by atoms with Gasteiger partial charge in [-0.25, -0.2) is 4.98 Å². The molecule has 10 nitrogen and oxygen atoms in total. The Kier molecular flexibility index (Phi) is 9.12. The van der Waals surface area contributed by atoms with Crippen molar-refractivity contribution in [2.45, 2.75) is 76.7 Å². The number of nitrogens with one attached hydrogen (secondary N) is 2. The maximum Gasteiger partial charge on any atom is 0.279 e. The van der Waals surface area contributed by atoms with Crippen molar-refractivity contribution in [2.24, 2.45) is 17.8 Å². The molecule has 1 aromatic carbocycles. The number of hydrogen-bond donors (Lipinski definition) is 2. The fraction of sp³-hybridized carbons (Fsp3) is 0.618. The van der Waals surface area contributed by atoms with E-state index in [2.05, 4.69) is 59.7 Å². The summed E-state index contributed by atoms with van der Waals surface area (Å²) in [7, 11) is 0. The number of H-pyrrole nitrogens is 1. The van der Waals surface area contributed by atoms with Gasteiger partial charge in [-0.2, -0.15) is 0 Å². The van der Waals surface area contributed by atoms with Gasteiger partial charge in [0.25, 0.3) is 5.91 Å². The van der Waals surface area contributed by atoms with Crippen LogP contribution in [0.4, 0.5) is 5.69 Å². The number of imidazole rings is 1. The summed E-state index contributed by atoms with van der Waals surface area (Å²) >= 11 is 0. The number of carbonyl (C=O) groups excluding carboxylic acids is 2. The third-order valence-electron chi connectivity index (χ3n) is 9.91. The molecular weight excluding hydrogens is 558 g/mol. The van der Waals surface area contributed by atoms with Crippen LogP contribution in [-0.2, 0) is 24.4 Å². The highest BCUT2D eigenvalue weighted by atomic mass is 16.7. The number of carbonyl (C=O) groups is 2. The number of aromatic nitrogens is 2. The molecule has 10 heteroatoms. The van der Waals surface area contributed by atoms with Gasteiger partial charge in [0, 0.05) is 55.2 Å². The highest BCUT2D eigenvalue weighted by Gasteiger charge is 2.48. The van der Waals surface area contributed by atoms with E-state index in [0.29, 0.717) is 31.2 Å². The third kappa shape index (κ3) is 6.43. The van der Waals surface area contributed by atoms with Crippen molar-refractivity contribution in [1.29, 1.82) is 0 Å². The lowest BCUT2D eigenvalue weighted by Crippen LogP contribution is -2.59. The Bertz CT molecular complexity index is 1290. The Morgan fingerprint density at radius 3 is 2.41 bits per heavy atom. The summed E-state index contributed by atoms with van der Waals surface area (Å²) in [5, 5.41) is 3.39. The highest BCUT2D eigenvalue weighted by Crippen LogP contribution is 2.40. The second kappa shape index (κ2) is 13.0. The Labute approximate surface area is 260 Å². The van der Waals surface area contributed by atoms with E-state index in [4.69, 9.17) is 14.2 Å². The van der Waals surface area contributed by atoms with E-state index in [1.807, 2.05) is 12.1 Å². The van der Waals surface area contributed by atoms with E-state index < -0.39 is 6.04 Å². The van der Waals surface area contributed by atoms with Crippen molar-refractivity contribution in [1.82, 2.24) is 20.2 Å². The molecule has 4 aliphatic heterocycles. The van der Waals surface area contributed by atoms with Gasteiger partial charge in [-0.05, 0) is 61.1 Å². The van der Waals surface area contributed by atoms with Crippen molar-refractivity contribution in [3.8, 4) is 0 Å². The van der Waals surface area contributed by atoms with E-state index in [0.717, 1.165) is 63.2 Å². The summed E-state index contributed by atoms with van der Waals surface area (Å²) < 4.78 is 17.5. The van der Waals surface area contributed by atoms with E-state index in [9.17, 15) is 9.59 Å². The van der Waals surface area contributed by atoms with E-state index >= 15 is 0 Å². The van der Waals surface area contributed by atoms with Crippen LogP contribution in [0.2, 0.25) is 0 Å². The summed E-state index contributed by atoms with van der Waals surface area (Å²) in [6.45, 7) is 15.1. The minimum absolute atomic E-state index is 0.00921. The molecule has 6 rings (SSSR count). The Hall–Kier alpha value is -3.21. The maximum absolute atomic E-state index is 14.6. The predicted molar refractivity (Wildman–Crippen MR) is 167 cm³/mol. The van der Waals surface area contributed by atoms with Gasteiger partial charge in [-0.15, -0.1) is 0 Å². The number of piperidine rings is 1. The lowest BCUT2D eigenvalue weighted by molar-refractivity contribution is -0.170. The molecule has 1 aromatic heterocycles. The van der Waals surface area contributed by atoms with Crippen molar-refractivity contribution in [2.75, 3.05) is 44.4 Å². The lowest BCUT2D eigenvalue weighted by Gasteiger charge is -2.43. The molecule has 0 radical (unpaired) electrons. The molecule has 2 amide bonds. The van der Waals surface area contributed by atoms with Crippen molar-refractivity contribution >= 4 is 17.5 Å². The fourth-order valence-electron chi connectivity index (χ4n) is 7.28. The SMILES string of the molecule is C=C(C1CCOC1)N1CCC(NC(=O)C(C2CCOC3OCCC32)N(C(=O)c2c[nH]cn2)c2ccc(C(C)(C)C)cc2)CC1. The minimum atomic E-state index is -0.749. The first-order chi connectivity index (χ1) is 21.2. The second-order valence-electron chi connectivity index (χ2n) is 13.7. The van der Waals surface area contributed by atoms with Gasteiger partial charge in [0.1, 0.15) is 11.7 Å².